The number of hydrogen-bond acceptors (Lipinski definition) is 3. The zero-order chi connectivity index (χ0) is 17.1. The van der Waals surface area contributed by atoms with Crippen LogP contribution in [0.15, 0.2) is 36.4 Å². The molecule has 3 rings (SSSR count). The molecule has 1 aliphatic carbocycles. The van der Waals surface area contributed by atoms with Crippen molar-refractivity contribution in [2.24, 2.45) is 0 Å². The number of amides is 1. The minimum Gasteiger partial charge on any atom is -0.483 e. The highest BCUT2D eigenvalue weighted by Gasteiger charge is 2.21. The summed E-state index contributed by atoms with van der Waals surface area (Å²) >= 11 is 0. The second-order valence-corrected chi connectivity index (χ2v) is 5.70. The molecule has 0 spiro atoms. The van der Waals surface area contributed by atoms with Crippen molar-refractivity contribution in [3.8, 4) is 5.75 Å². The molecule has 0 fully saturated rings. The Bertz CT molecular complexity index is 764. The van der Waals surface area contributed by atoms with Crippen molar-refractivity contribution in [1.29, 1.82) is 0 Å². The maximum absolute atomic E-state index is 13.1. The molecular formula is C18H17F2NO3. The van der Waals surface area contributed by atoms with Gasteiger partial charge in [-0.1, -0.05) is 12.1 Å². The van der Waals surface area contributed by atoms with E-state index in [1.165, 1.54) is 6.07 Å². The summed E-state index contributed by atoms with van der Waals surface area (Å²) in [5, 5.41) is 12.5. The van der Waals surface area contributed by atoms with E-state index in [2.05, 4.69) is 5.32 Å². The summed E-state index contributed by atoms with van der Waals surface area (Å²) < 4.78 is 31.5. The van der Waals surface area contributed by atoms with Gasteiger partial charge in [-0.2, -0.15) is 0 Å². The van der Waals surface area contributed by atoms with Gasteiger partial charge in [0.2, 0.25) is 0 Å². The molecule has 1 amide bonds. The first-order chi connectivity index (χ1) is 11.5. The average molecular weight is 333 g/mol. The fraction of sp³-hybridized carbons (Fsp3) is 0.278. The van der Waals surface area contributed by atoms with Crippen LogP contribution >= 0.6 is 0 Å². The number of fused-ring (bicyclic) bond motifs is 1. The molecule has 1 aliphatic rings. The van der Waals surface area contributed by atoms with Gasteiger partial charge in [0.25, 0.3) is 5.91 Å². The molecule has 0 aliphatic heterocycles. The largest absolute Gasteiger partial charge is 0.483 e. The molecule has 1 unspecified atom stereocenters. The number of carbonyl (C=O) groups is 1. The number of aliphatic hydroxyl groups excluding tert-OH is 1. The highest BCUT2D eigenvalue weighted by atomic mass is 19.2. The summed E-state index contributed by atoms with van der Waals surface area (Å²) in [6, 6.07) is 8.51. The lowest BCUT2D eigenvalue weighted by Crippen LogP contribution is -2.21. The highest BCUT2D eigenvalue weighted by Crippen LogP contribution is 2.35. The van der Waals surface area contributed by atoms with Gasteiger partial charge in [0.1, 0.15) is 5.75 Å². The molecule has 2 aromatic carbocycles. The van der Waals surface area contributed by atoms with Crippen LogP contribution in [0.2, 0.25) is 0 Å². The molecule has 6 heteroatoms. The number of hydrogen-bond donors (Lipinski definition) is 2. The molecule has 0 radical (unpaired) electrons. The molecule has 0 aromatic heterocycles. The van der Waals surface area contributed by atoms with Crippen molar-refractivity contribution in [2.75, 3.05) is 11.9 Å². The normalized spacial score (nSPS) is 16.4. The Balaban J connectivity index is 1.64. The maximum Gasteiger partial charge on any atom is 0.262 e. The number of carbonyl (C=O) groups excluding carboxylic acids is 1. The number of benzene rings is 2. The maximum atomic E-state index is 13.1. The second kappa shape index (κ2) is 6.97. The quantitative estimate of drug-likeness (QED) is 0.902. The highest BCUT2D eigenvalue weighted by molar-refractivity contribution is 5.91. The number of rotatable bonds is 4. The molecular weight excluding hydrogens is 316 g/mol. The van der Waals surface area contributed by atoms with Crippen LogP contribution in [0.1, 0.15) is 30.1 Å². The number of nitrogens with one attached hydrogen (secondary N) is 1. The predicted octanol–water partition coefficient (Wildman–Crippen LogP) is 3.35. The van der Waals surface area contributed by atoms with Crippen LogP contribution in [-0.2, 0) is 11.2 Å². The topological polar surface area (TPSA) is 58.6 Å². The van der Waals surface area contributed by atoms with E-state index in [0.717, 1.165) is 36.1 Å². The molecule has 0 saturated carbocycles. The zero-order valence-corrected chi connectivity index (χ0v) is 12.9. The molecule has 0 heterocycles. The third-order valence-corrected chi connectivity index (χ3v) is 3.99. The van der Waals surface area contributed by atoms with E-state index < -0.39 is 23.6 Å². The Labute approximate surface area is 138 Å². The van der Waals surface area contributed by atoms with Crippen molar-refractivity contribution in [3.05, 3.63) is 59.2 Å². The van der Waals surface area contributed by atoms with E-state index >= 15 is 0 Å². The summed E-state index contributed by atoms with van der Waals surface area (Å²) in [7, 11) is 0. The molecule has 0 bridgehead atoms. The second-order valence-electron chi connectivity index (χ2n) is 5.70. The van der Waals surface area contributed by atoms with Crippen molar-refractivity contribution >= 4 is 11.6 Å². The molecule has 2 aromatic rings. The van der Waals surface area contributed by atoms with E-state index in [1.54, 1.807) is 12.1 Å². The van der Waals surface area contributed by atoms with Crippen LogP contribution in [0, 0.1) is 11.6 Å². The SMILES string of the molecule is O=C(COc1cccc2c1CCCC2O)Nc1ccc(F)c(F)c1. The van der Waals surface area contributed by atoms with Crippen LogP contribution < -0.4 is 10.1 Å². The number of halogens is 2. The summed E-state index contributed by atoms with van der Waals surface area (Å²) in [5.74, 6) is -1.92. The molecule has 4 nitrogen and oxygen atoms in total. The monoisotopic (exact) mass is 333 g/mol. The van der Waals surface area contributed by atoms with Gasteiger partial charge in [0, 0.05) is 11.8 Å². The third-order valence-electron chi connectivity index (χ3n) is 3.99. The number of ether oxygens (including phenoxy) is 1. The van der Waals surface area contributed by atoms with Gasteiger partial charge in [-0.15, -0.1) is 0 Å². The molecule has 2 N–H and O–H groups in total. The third kappa shape index (κ3) is 3.54. The summed E-state index contributed by atoms with van der Waals surface area (Å²) in [5.41, 5.74) is 1.91. The van der Waals surface area contributed by atoms with Crippen LogP contribution in [-0.4, -0.2) is 17.6 Å². The lowest BCUT2D eigenvalue weighted by atomic mass is 9.89. The van der Waals surface area contributed by atoms with E-state index in [1.807, 2.05) is 6.07 Å². The van der Waals surface area contributed by atoms with Crippen LogP contribution in [0.4, 0.5) is 14.5 Å². The fourth-order valence-electron chi connectivity index (χ4n) is 2.84. The van der Waals surface area contributed by atoms with Crippen LogP contribution in [0.25, 0.3) is 0 Å². The van der Waals surface area contributed by atoms with E-state index in [4.69, 9.17) is 4.74 Å². The van der Waals surface area contributed by atoms with Crippen molar-refractivity contribution in [3.63, 3.8) is 0 Å². The summed E-state index contributed by atoms with van der Waals surface area (Å²) in [4.78, 5) is 11.9. The lowest BCUT2D eigenvalue weighted by Gasteiger charge is -2.23. The van der Waals surface area contributed by atoms with Gasteiger partial charge in [-0.25, -0.2) is 8.78 Å². The Morgan fingerprint density at radius 2 is 2.08 bits per heavy atom. The van der Waals surface area contributed by atoms with Crippen LogP contribution in [0.5, 0.6) is 5.75 Å². The van der Waals surface area contributed by atoms with Crippen LogP contribution in [0.3, 0.4) is 0 Å². The average Bonchev–Trinajstić information content (AvgIpc) is 2.57. The summed E-state index contributed by atoms with van der Waals surface area (Å²) in [6.07, 6.45) is 1.85. The minimum absolute atomic E-state index is 0.160. The number of aliphatic hydroxyl groups is 1. The van der Waals surface area contributed by atoms with E-state index in [-0.39, 0.29) is 12.3 Å². The number of anilines is 1. The molecule has 24 heavy (non-hydrogen) atoms. The van der Waals surface area contributed by atoms with E-state index in [0.29, 0.717) is 12.2 Å². The lowest BCUT2D eigenvalue weighted by molar-refractivity contribution is -0.118. The Kier molecular flexibility index (Phi) is 4.76. The van der Waals surface area contributed by atoms with Gasteiger partial charge >= 0.3 is 0 Å². The van der Waals surface area contributed by atoms with E-state index in [9.17, 15) is 18.7 Å². The molecule has 1 atom stereocenters. The Hall–Kier alpha value is -2.47. The smallest absolute Gasteiger partial charge is 0.262 e. The van der Waals surface area contributed by atoms with Gasteiger partial charge in [-0.05, 0) is 48.6 Å². The molecule has 0 saturated heterocycles. The first-order valence-corrected chi connectivity index (χ1v) is 7.72. The summed E-state index contributed by atoms with van der Waals surface area (Å²) in [6.45, 7) is -0.258. The first kappa shape index (κ1) is 16.4. The Morgan fingerprint density at radius 1 is 1.25 bits per heavy atom. The standard InChI is InChI=1S/C18H17F2NO3/c19-14-8-7-11(9-15(14)20)21-18(23)10-24-17-6-2-3-12-13(17)4-1-5-16(12)22/h2-3,6-9,16,22H,1,4-5,10H2,(H,21,23). The van der Waals surface area contributed by atoms with Crippen molar-refractivity contribution < 1.29 is 23.4 Å². The minimum atomic E-state index is -1.03. The van der Waals surface area contributed by atoms with Crippen molar-refractivity contribution in [2.45, 2.75) is 25.4 Å². The predicted molar refractivity (Wildman–Crippen MR) is 84.8 cm³/mol. The Morgan fingerprint density at radius 3 is 2.88 bits per heavy atom. The van der Waals surface area contributed by atoms with Gasteiger partial charge < -0.3 is 15.2 Å². The van der Waals surface area contributed by atoms with Gasteiger partial charge in [0.05, 0.1) is 6.10 Å². The first-order valence-electron chi connectivity index (χ1n) is 7.72. The zero-order valence-electron chi connectivity index (χ0n) is 12.9. The van der Waals surface area contributed by atoms with Gasteiger partial charge in [0.15, 0.2) is 18.2 Å². The van der Waals surface area contributed by atoms with Crippen molar-refractivity contribution in [1.82, 2.24) is 0 Å². The fourth-order valence-corrected chi connectivity index (χ4v) is 2.84. The molecule has 126 valence electrons. The van der Waals surface area contributed by atoms with Gasteiger partial charge in [-0.3, -0.25) is 4.79 Å².